The van der Waals surface area contributed by atoms with Gasteiger partial charge in [0.25, 0.3) is 5.41 Å². The van der Waals surface area contributed by atoms with Crippen molar-refractivity contribution in [3.8, 4) is 17.2 Å². The van der Waals surface area contributed by atoms with Crippen LogP contribution in [0.1, 0.15) is 6.42 Å². The van der Waals surface area contributed by atoms with Gasteiger partial charge in [0.1, 0.15) is 17.2 Å². The van der Waals surface area contributed by atoms with Crippen molar-refractivity contribution >= 4 is 23.9 Å². The Hall–Kier alpha value is -4.72. The Morgan fingerprint density at radius 3 is 1.23 bits per heavy atom. The summed E-state index contributed by atoms with van der Waals surface area (Å²) >= 11 is 0. The molecule has 0 N–H and O–H groups in total. The highest BCUT2D eigenvalue weighted by Gasteiger charge is 2.59. The Bertz CT molecular complexity index is 1070. The van der Waals surface area contributed by atoms with Crippen LogP contribution in [0.4, 0.5) is 0 Å². The summed E-state index contributed by atoms with van der Waals surface area (Å²) in [6.45, 7) is 3.58. The average molecular weight is 474 g/mol. The monoisotopic (exact) mass is 474 g/mol. The minimum Gasteiger partial charge on any atom is -0.466 e. The second-order valence-corrected chi connectivity index (χ2v) is 7.28. The average Bonchev–Trinajstić information content (AvgIpc) is 2.88. The normalized spacial score (nSPS) is 10.5. The first-order valence-electron chi connectivity index (χ1n) is 10.4. The highest BCUT2D eigenvalue weighted by atomic mass is 16.6. The maximum Gasteiger partial charge on any atom is 0.340 e. The lowest BCUT2D eigenvalue weighted by Gasteiger charge is -2.27. The third-order valence-corrected chi connectivity index (χ3v) is 4.86. The molecule has 0 bridgehead atoms. The van der Waals surface area contributed by atoms with E-state index in [1.807, 2.05) is 0 Å². The molecule has 0 heterocycles. The molecular formula is C27H22O8. The summed E-state index contributed by atoms with van der Waals surface area (Å²) in [4.78, 5) is 52.7. The van der Waals surface area contributed by atoms with E-state index < -0.39 is 35.7 Å². The smallest absolute Gasteiger partial charge is 0.340 e. The summed E-state index contributed by atoms with van der Waals surface area (Å²) in [6.07, 6.45) is -0.803. The number of carbonyl (C=O) groups excluding carboxylic acids is 4. The Labute approximate surface area is 201 Å². The molecule has 3 aromatic rings. The minimum absolute atomic E-state index is 0.0607. The van der Waals surface area contributed by atoms with Crippen LogP contribution < -0.4 is 14.2 Å². The van der Waals surface area contributed by atoms with E-state index in [2.05, 4.69) is 11.3 Å². The van der Waals surface area contributed by atoms with Crippen LogP contribution in [0.5, 0.6) is 17.2 Å². The number of hydrogen-bond donors (Lipinski definition) is 0. The molecule has 0 aromatic heterocycles. The van der Waals surface area contributed by atoms with Crippen LogP contribution in [0, 0.1) is 5.41 Å². The SMILES string of the molecule is C=C(CC(C(=O)Oc1ccccc1)(C(=O)Oc1ccccc1)C(=O)Oc1ccccc1)C(=O)OC. The summed E-state index contributed by atoms with van der Waals surface area (Å²) in [7, 11) is 1.10. The number of para-hydroxylation sites is 3. The summed E-state index contributed by atoms with van der Waals surface area (Å²) in [5, 5.41) is 0. The van der Waals surface area contributed by atoms with E-state index in [9.17, 15) is 19.2 Å². The fraction of sp³-hybridized carbons (Fsp3) is 0.111. The lowest BCUT2D eigenvalue weighted by atomic mass is 9.81. The molecule has 0 saturated carbocycles. The van der Waals surface area contributed by atoms with Gasteiger partial charge in [-0.3, -0.25) is 0 Å². The highest BCUT2D eigenvalue weighted by molar-refractivity contribution is 6.20. The van der Waals surface area contributed by atoms with E-state index in [-0.39, 0.29) is 22.8 Å². The molecule has 0 saturated heterocycles. The van der Waals surface area contributed by atoms with E-state index in [4.69, 9.17) is 14.2 Å². The Morgan fingerprint density at radius 1 is 0.629 bits per heavy atom. The van der Waals surface area contributed by atoms with Crippen LogP contribution in [0.3, 0.4) is 0 Å². The van der Waals surface area contributed by atoms with Crippen LogP contribution in [-0.2, 0) is 23.9 Å². The molecule has 8 heteroatoms. The van der Waals surface area contributed by atoms with Crippen molar-refractivity contribution in [2.45, 2.75) is 6.42 Å². The quantitative estimate of drug-likeness (QED) is 0.199. The number of benzene rings is 3. The maximum absolute atomic E-state index is 13.5. The van der Waals surface area contributed by atoms with Crippen molar-refractivity contribution < 1.29 is 38.1 Å². The third kappa shape index (κ3) is 6.00. The molecule has 0 aliphatic heterocycles. The zero-order valence-corrected chi connectivity index (χ0v) is 18.8. The molecule has 178 valence electrons. The molecule has 0 atom stereocenters. The fourth-order valence-corrected chi connectivity index (χ4v) is 3.05. The molecule has 35 heavy (non-hydrogen) atoms. The number of esters is 4. The molecule has 0 radical (unpaired) electrons. The van der Waals surface area contributed by atoms with Gasteiger partial charge in [-0.2, -0.15) is 0 Å². The van der Waals surface area contributed by atoms with Crippen LogP contribution in [-0.4, -0.2) is 31.0 Å². The molecule has 0 spiro atoms. The number of methoxy groups -OCH3 is 1. The van der Waals surface area contributed by atoms with E-state index in [1.165, 1.54) is 36.4 Å². The number of ether oxygens (including phenoxy) is 4. The van der Waals surface area contributed by atoms with Gasteiger partial charge in [-0.1, -0.05) is 61.2 Å². The van der Waals surface area contributed by atoms with E-state index in [0.29, 0.717) is 0 Å². The van der Waals surface area contributed by atoms with Gasteiger partial charge in [-0.15, -0.1) is 0 Å². The Kier molecular flexibility index (Phi) is 8.13. The zero-order chi connectivity index (χ0) is 25.3. The fourth-order valence-electron chi connectivity index (χ4n) is 3.05. The van der Waals surface area contributed by atoms with E-state index in [0.717, 1.165) is 7.11 Å². The van der Waals surface area contributed by atoms with E-state index >= 15 is 0 Å². The summed E-state index contributed by atoms with van der Waals surface area (Å²) < 4.78 is 20.8. The van der Waals surface area contributed by atoms with Gasteiger partial charge in [0.2, 0.25) is 0 Å². The molecule has 3 aromatic carbocycles. The molecule has 0 amide bonds. The number of carbonyl (C=O) groups is 4. The molecule has 0 unspecified atom stereocenters. The molecule has 0 fully saturated rings. The maximum atomic E-state index is 13.5. The highest BCUT2D eigenvalue weighted by Crippen LogP contribution is 2.34. The Balaban J connectivity index is 2.09. The van der Waals surface area contributed by atoms with Crippen LogP contribution in [0.15, 0.2) is 103 Å². The van der Waals surface area contributed by atoms with Gasteiger partial charge in [-0.05, 0) is 36.4 Å². The lowest BCUT2D eigenvalue weighted by Crippen LogP contribution is -2.53. The van der Waals surface area contributed by atoms with Gasteiger partial charge >= 0.3 is 23.9 Å². The summed E-state index contributed by atoms with van der Waals surface area (Å²) in [5.41, 5.74) is -3.08. The van der Waals surface area contributed by atoms with Crippen LogP contribution in [0.25, 0.3) is 0 Å². The predicted octanol–water partition coefficient (Wildman–Crippen LogP) is 3.91. The first-order valence-corrected chi connectivity index (χ1v) is 10.4. The van der Waals surface area contributed by atoms with Crippen molar-refractivity contribution in [2.75, 3.05) is 7.11 Å². The van der Waals surface area contributed by atoms with E-state index in [1.54, 1.807) is 54.6 Å². The minimum atomic E-state index is -2.74. The lowest BCUT2D eigenvalue weighted by molar-refractivity contribution is -0.171. The van der Waals surface area contributed by atoms with Gasteiger partial charge in [0.15, 0.2) is 0 Å². The molecule has 8 nitrogen and oxygen atoms in total. The van der Waals surface area contributed by atoms with Crippen molar-refractivity contribution in [2.24, 2.45) is 5.41 Å². The predicted molar refractivity (Wildman–Crippen MR) is 124 cm³/mol. The standard InChI is InChI=1S/C27H22O8/c1-19(23(28)32-2)18-27(24(29)33-20-12-6-3-7-13-20,25(30)34-21-14-8-4-9-15-21)26(31)35-22-16-10-5-11-17-22/h3-17H,1,18H2,2H3. The first kappa shape index (κ1) is 24.9. The zero-order valence-electron chi connectivity index (χ0n) is 18.8. The summed E-state index contributed by atoms with van der Waals surface area (Å²) in [5.74, 6) is -4.68. The van der Waals surface area contributed by atoms with Gasteiger partial charge in [0.05, 0.1) is 7.11 Å². The number of hydrogen-bond acceptors (Lipinski definition) is 8. The van der Waals surface area contributed by atoms with Crippen molar-refractivity contribution in [3.05, 3.63) is 103 Å². The Morgan fingerprint density at radius 2 is 0.943 bits per heavy atom. The first-order chi connectivity index (χ1) is 16.9. The van der Waals surface area contributed by atoms with Crippen LogP contribution >= 0.6 is 0 Å². The summed E-state index contributed by atoms with van der Waals surface area (Å²) in [6, 6.07) is 23.4. The van der Waals surface area contributed by atoms with Crippen molar-refractivity contribution in [3.63, 3.8) is 0 Å². The molecule has 0 aliphatic rings. The van der Waals surface area contributed by atoms with Crippen LogP contribution in [0.2, 0.25) is 0 Å². The third-order valence-electron chi connectivity index (χ3n) is 4.86. The molecule has 3 rings (SSSR count). The number of rotatable bonds is 9. The second kappa shape index (κ2) is 11.4. The molecular weight excluding hydrogens is 452 g/mol. The van der Waals surface area contributed by atoms with Gasteiger partial charge in [-0.25, -0.2) is 19.2 Å². The largest absolute Gasteiger partial charge is 0.466 e. The topological polar surface area (TPSA) is 105 Å². The molecule has 0 aliphatic carbocycles. The second-order valence-electron chi connectivity index (χ2n) is 7.28. The van der Waals surface area contributed by atoms with Crippen molar-refractivity contribution in [1.29, 1.82) is 0 Å². The van der Waals surface area contributed by atoms with Gasteiger partial charge < -0.3 is 18.9 Å². The van der Waals surface area contributed by atoms with Crippen molar-refractivity contribution in [1.82, 2.24) is 0 Å². The van der Waals surface area contributed by atoms with Gasteiger partial charge in [0, 0.05) is 12.0 Å².